The topological polar surface area (TPSA) is 48.4 Å². The monoisotopic (exact) mass is 233 g/mol. The molecule has 0 saturated heterocycles. The van der Waals surface area contributed by atoms with E-state index in [1.165, 1.54) is 16.7 Å². The van der Waals surface area contributed by atoms with Crippen LogP contribution in [0, 0.1) is 20.8 Å². The first kappa shape index (κ1) is 12.1. The second kappa shape index (κ2) is 4.51. The summed E-state index contributed by atoms with van der Waals surface area (Å²) in [5.74, 6) is 0.832. The molecule has 0 radical (unpaired) electrons. The Hall–Kier alpha value is -1.32. The average Bonchev–Trinajstić information content (AvgIpc) is 2.66. The molecule has 92 valence electrons. The summed E-state index contributed by atoms with van der Waals surface area (Å²) in [6, 6.07) is 2.19. The quantitative estimate of drug-likeness (QED) is 0.886. The van der Waals surface area contributed by atoms with Gasteiger partial charge >= 0.3 is 0 Å². The molecule has 1 heterocycles. The van der Waals surface area contributed by atoms with E-state index in [1.54, 1.807) is 7.11 Å². The SMILES string of the molecule is COCc1c(CN)oc2c(C)c(C)cc(C)c12. The third kappa shape index (κ3) is 1.85. The van der Waals surface area contributed by atoms with Gasteiger partial charge in [-0.05, 0) is 37.5 Å². The van der Waals surface area contributed by atoms with Gasteiger partial charge in [-0.15, -0.1) is 0 Å². The van der Waals surface area contributed by atoms with Crippen molar-refractivity contribution in [1.29, 1.82) is 0 Å². The molecule has 0 saturated carbocycles. The molecule has 0 bridgehead atoms. The Bertz CT molecular complexity index is 555. The van der Waals surface area contributed by atoms with Crippen molar-refractivity contribution in [2.24, 2.45) is 5.73 Å². The summed E-state index contributed by atoms with van der Waals surface area (Å²) in [6.45, 7) is 7.23. The van der Waals surface area contributed by atoms with Crippen molar-refractivity contribution < 1.29 is 9.15 Å². The van der Waals surface area contributed by atoms with E-state index in [2.05, 4.69) is 26.8 Å². The zero-order valence-electron chi connectivity index (χ0n) is 10.9. The van der Waals surface area contributed by atoms with Crippen LogP contribution in [0.25, 0.3) is 11.0 Å². The second-order valence-electron chi connectivity index (χ2n) is 4.48. The second-order valence-corrected chi connectivity index (χ2v) is 4.48. The van der Waals surface area contributed by atoms with Crippen molar-refractivity contribution in [3.8, 4) is 0 Å². The third-order valence-corrected chi connectivity index (χ3v) is 3.32. The molecule has 2 rings (SSSR count). The third-order valence-electron chi connectivity index (χ3n) is 3.32. The smallest absolute Gasteiger partial charge is 0.138 e. The van der Waals surface area contributed by atoms with Gasteiger partial charge in [0.25, 0.3) is 0 Å². The molecule has 17 heavy (non-hydrogen) atoms. The van der Waals surface area contributed by atoms with Crippen molar-refractivity contribution >= 4 is 11.0 Å². The number of nitrogens with two attached hydrogens (primary N) is 1. The van der Waals surface area contributed by atoms with Gasteiger partial charge in [-0.3, -0.25) is 0 Å². The van der Waals surface area contributed by atoms with Gasteiger partial charge in [0, 0.05) is 18.1 Å². The van der Waals surface area contributed by atoms with Crippen LogP contribution in [0.1, 0.15) is 28.0 Å². The molecule has 1 aromatic heterocycles. The Morgan fingerprint density at radius 2 is 1.94 bits per heavy atom. The first-order chi connectivity index (χ1) is 8.10. The minimum atomic E-state index is 0.408. The lowest BCUT2D eigenvalue weighted by Gasteiger charge is -2.05. The predicted molar refractivity (Wildman–Crippen MR) is 69.0 cm³/mol. The fourth-order valence-corrected chi connectivity index (χ4v) is 2.34. The summed E-state index contributed by atoms with van der Waals surface area (Å²) in [6.07, 6.45) is 0. The van der Waals surface area contributed by atoms with Gasteiger partial charge < -0.3 is 14.9 Å². The summed E-state index contributed by atoms with van der Waals surface area (Å²) in [5, 5.41) is 1.16. The zero-order valence-corrected chi connectivity index (χ0v) is 10.9. The maximum absolute atomic E-state index is 5.89. The van der Waals surface area contributed by atoms with E-state index < -0.39 is 0 Å². The Morgan fingerprint density at radius 3 is 2.53 bits per heavy atom. The maximum atomic E-state index is 5.89. The van der Waals surface area contributed by atoms with Crippen LogP contribution in [0.2, 0.25) is 0 Å². The number of ether oxygens (including phenoxy) is 1. The molecule has 2 N–H and O–H groups in total. The Labute approximate surface area is 102 Å². The summed E-state index contributed by atoms with van der Waals surface area (Å²) < 4.78 is 11.1. The van der Waals surface area contributed by atoms with Crippen LogP contribution in [-0.2, 0) is 17.9 Å². The number of aryl methyl sites for hydroxylation is 3. The van der Waals surface area contributed by atoms with Gasteiger partial charge in [-0.25, -0.2) is 0 Å². The fraction of sp³-hybridized carbons (Fsp3) is 0.429. The van der Waals surface area contributed by atoms with E-state index in [9.17, 15) is 0 Å². The highest BCUT2D eigenvalue weighted by Gasteiger charge is 2.17. The Morgan fingerprint density at radius 1 is 1.24 bits per heavy atom. The Balaban J connectivity index is 2.82. The van der Waals surface area contributed by atoms with Crippen molar-refractivity contribution in [2.45, 2.75) is 33.9 Å². The molecule has 0 spiro atoms. The highest BCUT2D eigenvalue weighted by Crippen LogP contribution is 2.33. The average molecular weight is 233 g/mol. The van der Waals surface area contributed by atoms with Crippen LogP contribution < -0.4 is 5.73 Å². The Kier molecular flexibility index (Phi) is 3.22. The van der Waals surface area contributed by atoms with E-state index in [0.29, 0.717) is 13.2 Å². The van der Waals surface area contributed by atoms with Gasteiger partial charge in [-0.2, -0.15) is 0 Å². The number of furan rings is 1. The molecular formula is C14H19NO2. The van der Waals surface area contributed by atoms with Gasteiger partial charge in [-0.1, -0.05) is 6.07 Å². The molecule has 2 aromatic rings. The van der Waals surface area contributed by atoms with Crippen LogP contribution in [0.3, 0.4) is 0 Å². The fourth-order valence-electron chi connectivity index (χ4n) is 2.34. The van der Waals surface area contributed by atoms with Gasteiger partial charge in [0.05, 0.1) is 13.2 Å². The van der Waals surface area contributed by atoms with Crippen LogP contribution in [0.5, 0.6) is 0 Å². The van der Waals surface area contributed by atoms with Crippen LogP contribution in [0.15, 0.2) is 10.5 Å². The normalized spacial score (nSPS) is 11.4. The first-order valence-electron chi connectivity index (χ1n) is 5.80. The van der Waals surface area contributed by atoms with E-state index in [1.807, 2.05) is 0 Å². The van der Waals surface area contributed by atoms with Crippen molar-refractivity contribution in [1.82, 2.24) is 0 Å². The molecule has 0 aliphatic carbocycles. The van der Waals surface area contributed by atoms with E-state index in [4.69, 9.17) is 14.9 Å². The lowest BCUT2D eigenvalue weighted by molar-refractivity contribution is 0.184. The van der Waals surface area contributed by atoms with E-state index in [-0.39, 0.29) is 0 Å². The molecule has 1 aromatic carbocycles. The first-order valence-corrected chi connectivity index (χ1v) is 5.80. The summed E-state index contributed by atoms with van der Waals surface area (Å²) in [4.78, 5) is 0. The molecule has 3 nitrogen and oxygen atoms in total. The van der Waals surface area contributed by atoms with Crippen molar-refractivity contribution in [3.05, 3.63) is 34.1 Å². The number of hydrogen-bond acceptors (Lipinski definition) is 3. The molecule has 0 aliphatic rings. The highest BCUT2D eigenvalue weighted by atomic mass is 16.5. The number of methoxy groups -OCH3 is 1. The van der Waals surface area contributed by atoms with Gasteiger partial charge in [0.1, 0.15) is 11.3 Å². The number of benzene rings is 1. The molecular weight excluding hydrogens is 214 g/mol. The molecule has 0 atom stereocenters. The van der Waals surface area contributed by atoms with Gasteiger partial charge in [0.15, 0.2) is 0 Å². The summed E-state index contributed by atoms with van der Waals surface area (Å²) in [5.41, 5.74) is 11.4. The zero-order chi connectivity index (χ0) is 12.6. The van der Waals surface area contributed by atoms with Crippen LogP contribution >= 0.6 is 0 Å². The lowest BCUT2D eigenvalue weighted by atomic mass is 9.99. The maximum Gasteiger partial charge on any atom is 0.138 e. The standard InChI is InChI=1S/C14H19NO2/c1-8-5-9(2)13-11(7-16-4)12(6-15)17-14(13)10(8)3/h5H,6-7,15H2,1-4H3. The van der Waals surface area contributed by atoms with E-state index >= 15 is 0 Å². The largest absolute Gasteiger partial charge is 0.459 e. The van der Waals surface area contributed by atoms with E-state index in [0.717, 1.165) is 22.3 Å². The number of hydrogen-bond donors (Lipinski definition) is 1. The highest BCUT2D eigenvalue weighted by molar-refractivity contribution is 5.89. The number of rotatable bonds is 3. The summed E-state index contributed by atoms with van der Waals surface area (Å²) in [7, 11) is 1.69. The molecule has 0 unspecified atom stereocenters. The van der Waals surface area contributed by atoms with Gasteiger partial charge in [0.2, 0.25) is 0 Å². The molecule has 0 aliphatic heterocycles. The predicted octanol–water partition coefficient (Wildman–Crippen LogP) is 2.96. The molecule has 3 heteroatoms. The molecule has 0 amide bonds. The lowest BCUT2D eigenvalue weighted by Crippen LogP contribution is -1.99. The minimum absolute atomic E-state index is 0.408. The van der Waals surface area contributed by atoms with Crippen molar-refractivity contribution in [3.63, 3.8) is 0 Å². The van der Waals surface area contributed by atoms with Crippen LogP contribution in [0.4, 0.5) is 0 Å². The number of fused-ring (bicyclic) bond motifs is 1. The summed E-state index contributed by atoms with van der Waals surface area (Å²) >= 11 is 0. The van der Waals surface area contributed by atoms with Crippen molar-refractivity contribution in [2.75, 3.05) is 7.11 Å². The molecule has 0 fully saturated rings. The minimum Gasteiger partial charge on any atom is -0.459 e. The van der Waals surface area contributed by atoms with Crippen LogP contribution in [-0.4, -0.2) is 7.11 Å².